The number of benzene rings is 2. The van der Waals surface area contributed by atoms with Gasteiger partial charge in [0.1, 0.15) is 5.75 Å². The molecule has 2 aromatic rings. The SMILES string of the molecule is COc1ccccc1SCc1cccc(C#N)c1. The number of methoxy groups -OCH3 is 1. The van der Waals surface area contributed by atoms with Crippen LogP contribution in [0.25, 0.3) is 0 Å². The fourth-order valence-corrected chi connectivity index (χ4v) is 2.60. The Hall–Kier alpha value is -1.92. The molecule has 0 atom stereocenters. The van der Waals surface area contributed by atoms with Gasteiger partial charge in [0.15, 0.2) is 0 Å². The van der Waals surface area contributed by atoms with Gasteiger partial charge in [0.25, 0.3) is 0 Å². The number of hydrogen-bond acceptors (Lipinski definition) is 3. The van der Waals surface area contributed by atoms with Crippen LogP contribution in [0, 0.1) is 11.3 Å². The summed E-state index contributed by atoms with van der Waals surface area (Å²) in [5, 5.41) is 8.85. The van der Waals surface area contributed by atoms with Crippen LogP contribution in [0.3, 0.4) is 0 Å². The molecule has 0 saturated carbocycles. The molecule has 0 saturated heterocycles. The number of ether oxygens (including phenoxy) is 1. The summed E-state index contributed by atoms with van der Waals surface area (Å²) in [7, 11) is 1.68. The van der Waals surface area contributed by atoms with Crippen LogP contribution in [0.5, 0.6) is 5.75 Å². The van der Waals surface area contributed by atoms with Gasteiger partial charge < -0.3 is 4.74 Å². The monoisotopic (exact) mass is 255 g/mol. The molecule has 0 aliphatic rings. The summed E-state index contributed by atoms with van der Waals surface area (Å²) in [5.41, 5.74) is 1.85. The lowest BCUT2D eigenvalue weighted by Gasteiger charge is -2.07. The first kappa shape index (κ1) is 12.5. The maximum Gasteiger partial charge on any atom is 0.132 e. The lowest BCUT2D eigenvalue weighted by atomic mass is 10.2. The van der Waals surface area contributed by atoms with Crippen molar-refractivity contribution in [3.05, 3.63) is 59.7 Å². The molecule has 0 amide bonds. The number of nitrogens with zero attached hydrogens (tertiary/aromatic N) is 1. The number of rotatable bonds is 4. The summed E-state index contributed by atoms with van der Waals surface area (Å²) >= 11 is 1.71. The lowest BCUT2D eigenvalue weighted by molar-refractivity contribution is 0.405. The topological polar surface area (TPSA) is 33.0 Å². The minimum Gasteiger partial charge on any atom is -0.496 e. The van der Waals surface area contributed by atoms with Gasteiger partial charge >= 0.3 is 0 Å². The average molecular weight is 255 g/mol. The molecule has 0 aromatic heterocycles. The molecular formula is C15H13NOS. The third-order valence-electron chi connectivity index (χ3n) is 2.52. The smallest absolute Gasteiger partial charge is 0.132 e. The van der Waals surface area contributed by atoms with E-state index in [1.807, 2.05) is 48.5 Å². The van der Waals surface area contributed by atoms with E-state index in [1.54, 1.807) is 18.9 Å². The van der Waals surface area contributed by atoms with Crippen molar-refractivity contribution in [3.8, 4) is 11.8 Å². The van der Waals surface area contributed by atoms with Crippen molar-refractivity contribution in [2.75, 3.05) is 7.11 Å². The van der Waals surface area contributed by atoms with Gasteiger partial charge in [0.2, 0.25) is 0 Å². The van der Waals surface area contributed by atoms with Crippen molar-refractivity contribution in [3.63, 3.8) is 0 Å². The number of hydrogen-bond donors (Lipinski definition) is 0. The third kappa shape index (κ3) is 3.06. The molecule has 2 rings (SSSR count). The Kier molecular flexibility index (Phi) is 4.27. The van der Waals surface area contributed by atoms with Crippen LogP contribution in [0.2, 0.25) is 0 Å². The maximum atomic E-state index is 8.85. The molecule has 90 valence electrons. The van der Waals surface area contributed by atoms with Gasteiger partial charge in [0.05, 0.1) is 18.7 Å². The van der Waals surface area contributed by atoms with Crippen LogP contribution < -0.4 is 4.74 Å². The first-order valence-electron chi connectivity index (χ1n) is 5.58. The first-order chi connectivity index (χ1) is 8.83. The molecule has 0 spiro atoms. The molecule has 2 nitrogen and oxygen atoms in total. The van der Waals surface area contributed by atoms with E-state index >= 15 is 0 Å². The van der Waals surface area contributed by atoms with Crippen molar-refractivity contribution >= 4 is 11.8 Å². The van der Waals surface area contributed by atoms with Crippen LogP contribution >= 0.6 is 11.8 Å². The normalized spacial score (nSPS) is 9.78. The highest BCUT2D eigenvalue weighted by atomic mass is 32.2. The van der Waals surface area contributed by atoms with E-state index in [9.17, 15) is 0 Å². The van der Waals surface area contributed by atoms with Crippen molar-refractivity contribution in [1.29, 1.82) is 5.26 Å². The van der Waals surface area contributed by atoms with Gasteiger partial charge in [-0.15, -0.1) is 11.8 Å². The van der Waals surface area contributed by atoms with Gasteiger partial charge in [-0.3, -0.25) is 0 Å². The number of para-hydroxylation sites is 1. The molecule has 0 bridgehead atoms. The van der Waals surface area contributed by atoms with Gasteiger partial charge in [-0.25, -0.2) is 0 Å². The van der Waals surface area contributed by atoms with Gasteiger partial charge in [-0.2, -0.15) is 5.26 Å². The molecule has 2 aromatic carbocycles. The molecule has 0 heterocycles. The largest absolute Gasteiger partial charge is 0.496 e. The van der Waals surface area contributed by atoms with E-state index in [4.69, 9.17) is 10.00 Å². The molecule has 18 heavy (non-hydrogen) atoms. The van der Waals surface area contributed by atoms with Crippen LogP contribution in [0.1, 0.15) is 11.1 Å². The van der Waals surface area contributed by atoms with Crippen LogP contribution in [0.4, 0.5) is 0 Å². The van der Waals surface area contributed by atoms with Crippen molar-refractivity contribution in [2.24, 2.45) is 0 Å². The average Bonchev–Trinajstić information content (AvgIpc) is 2.45. The lowest BCUT2D eigenvalue weighted by Crippen LogP contribution is -1.87. The fourth-order valence-electron chi connectivity index (χ4n) is 1.63. The number of nitriles is 1. The zero-order valence-electron chi connectivity index (χ0n) is 10.1. The summed E-state index contributed by atoms with van der Waals surface area (Å²) in [4.78, 5) is 1.11. The highest BCUT2D eigenvalue weighted by molar-refractivity contribution is 7.98. The highest BCUT2D eigenvalue weighted by Gasteiger charge is 2.03. The Balaban J connectivity index is 2.09. The second-order valence-electron chi connectivity index (χ2n) is 3.75. The maximum absolute atomic E-state index is 8.85. The minimum absolute atomic E-state index is 0.702. The van der Waals surface area contributed by atoms with Gasteiger partial charge in [0, 0.05) is 10.6 Å². The van der Waals surface area contributed by atoms with Crippen molar-refractivity contribution in [1.82, 2.24) is 0 Å². The molecule has 0 aliphatic heterocycles. The zero-order chi connectivity index (χ0) is 12.8. The standard InChI is InChI=1S/C15H13NOS/c1-17-14-7-2-3-8-15(14)18-11-13-6-4-5-12(9-13)10-16/h2-9H,11H2,1H3. The fraction of sp³-hybridized carbons (Fsp3) is 0.133. The summed E-state index contributed by atoms with van der Waals surface area (Å²) in [6, 6.07) is 17.8. The molecule has 3 heteroatoms. The second kappa shape index (κ2) is 6.13. The van der Waals surface area contributed by atoms with Crippen LogP contribution in [-0.4, -0.2) is 7.11 Å². The Labute approximate surface area is 111 Å². The van der Waals surface area contributed by atoms with Crippen molar-refractivity contribution in [2.45, 2.75) is 10.6 Å². The molecule has 0 aliphatic carbocycles. The minimum atomic E-state index is 0.702. The van der Waals surface area contributed by atoms with E-state index in [1.165, 1.54) is 0 Å². The second-order valence-corrected chi connectivity index (χ2v) is 4.77. The summed E-state index contributed by atoms with van der Waals surface area (Å²) in [6.07, 6.45) is 0. The van der Waals surface area contributed by atoms with E-state index < -0.39 is 0 Å². The molecule has 0 fully saturated rings. The Morgan fingerprint density at radius 1 is 1.17 bits per heavy atom. The van der Waals surface area contributed by atoms with E-state index in [-0.39, 0.29) is 0 Å². The summed E-state index contributed by atoms with van der Waals surface area (Å²) < 4.78 is 5.31. The van der Waals surface area contributed by atoms with Gasteiger partial charge in [-0.1, -0.05) is 24.3 Å². The predicted molar refractivity (Wildman–Crippen MR) is 73.7 cm³/mol. The van der Waals surface area contributed by atoms with E-state index in [2.05, 4.69) is 6.07 Å². The Morgan fingerprint density at radius 2 is 2.00 bits per heavy atom. The molecule has 0 radical (unpaired) electrons. The van der Waals surface area contributed by atoms with Crippen molar-refractivity contribution < 1.29 is 4.74 Å². The first-order valence-corrected chi connectivity index (χ1v) is 6.57. The summed E-state index contributed by atoms with van der Waals surface area (Å²) in [5.74, 6) is 1.72. The summed E-state index contributed by atoms with van der Waals surface area (Å²) in [6.45, 7) is 0. The zero-order valence-corrected chi connectivity index (χ0v) is 10.9. The molecular weight excluding hydrogens is 242 g/mol. The van der Waals surface area contributed by atoms with Crippen LogP contribution in [-0.2, 0) is 5.75 Å². The highest BCUT2D eigenvalue weighted by Crippen LogP contribution is 2.31. The third-order valence-corrected chi connectivity index (χ3v) is 3.65. The molecule has 0 unspecified atom stereocenters. The van der Waals surface area contributed by atoms with Gasteiger partial charge in [-0.05, 0) is 29.8 Å². The van der Waals surface area contributed by atoms with Crippen LogP contribution in [0.15, 0.2) is 53.4 Å². The number of thioether (sulfide) groups is 1. The predicted octanol–water partition coefficient (Wildman–Crippen LogP) is 3.86. The Morgan fingerprint density at radius 3 is 2.78 bits per heavy atom. The van der Waals surface area contributed by atoms with E-state index in [0.717, 1.165) is 22.0 Å². The quantitative estimate of drug-likeness (QED) is 0.778. The Bertz CT molecular complexity index is 575. The molecule has 0 N–H and O–H groups in total. The van der Waals surface area contributed by atoms with E-state index in [0.29, 0.717) is 5.56 Å².